The predicted octanol–water partition coefficient (Wildman–Crippen LogP) is 3.07. The van der Waals surface area contributed by atoms with Crippen molar-refractivity contribution >= 4 is 29.1 Å². The van der Waals surface area contributed by atoms with E-state index in [0.717, 1.165) is 0 Å². The first-order valence-electron chi connectivity index (χ1n) is 8.20. The van der Waals surface area contributed by atoms with Crippen molar-refractivity contribution in [3.8, 4) is 5.75 Å². The molecule has 6 nitrogen and oxygen atoms in total. The van der Waals surface area contributed by atoms with Crippen LogP contribution in [0.4, 0.5) is 5.69 Å². The molecule has 1 aliphatic rings. The van der Waals surface area contributed by atoms with Gasteiger partial charge in [0.1, 0.15) is 5.75 Å². The van der Waals surface area contributed by atoms with Crippen LogP contribution in [-0.2, 0) is 4.74 Å². The van der Waals surface area contributed by atoms with Gasteiger partial charge in [-0.25, -0.2) is 0 Å². The van der Waals surface area contributed by atoms with Crippen molar-refractivity contribution in [3.63, 3.8) is 0 Å². The number of nitrogens with zero attached hydrogens (tertiary/aromatic N) is 1. The lowest BCUT2D eigenvalue weighted by Gasteiger charge is -2.26. The van der Waals surface area contributed by atoms with Crippen LogP contribution in [0, 0.1) is 0 Å². The fraction of sp³-hybridized carbons (Fsp3) is 0.263. The Morgan fingerprint density at radius 3 is 2.46 bits per heavy atom. The van der Waals surface area contributed by atoms with Gasteiger partial charge in [-0.2, -0.15) is 0 Å². The van der Waals surface area contributed by atoms with Gasteiger partial charge in [-0.3, -0.25) is 9.59 Å². The molecule has 7 heteroatoms. The summed E-state index contributed by atoms with van der Waals surface area (Å²) in [4.78, 5) is 26.7. The Morgan fingerprint density at radius 1 is 1.12 bits per heavy atom. The Balaban J connectivity index is 1.70. The van der Waals surface area contributed by atoms with Crippen LogP contribution in [0.25, 0.3) is 0 Å². The second-order valence-corrected chi connectivity index (χ2v) is 6.22. The van der Waals surface area contributed by atoms with Crippen LogP contribution in [0.2, 0.25) is 5.02 Å². The standard InChI is InChI=1S/C19H19ClN2O4/c1-25-17-7-4-14(20)12-16(17)18(23)21-15-5-2-13(3-6-15)19(24)22-8-10-26-11-9-22/h2-7,12H,8-11H2,1H3,(H,21,23). The highest BCUT2D eigenvalue weighted by Gasteiger charge is 2.18. The second-order valence-electron chi connectivity index (χ2n) is 5.78. The molecule has 26 heavy (non-hydrogen) atoms. The fourth-order valence-electron chi connectivity index (χ4n) is 2.70. The second kappa shape index (κ2) is 8.21. The minimum Gasteiger partial charge on any atom is -0.496 e. The van der Waals surface area contributed by atoms with E-state index in [9.17, 15) is 9.59 Å². The number of carbonyl (C=O) groups excluding carboxylic acids is 2. The normalized spacial score (nSPS) is 14.0. The molecule has 0 saturated carbocycles. The number of benzene rings is 2. The van der Waals surface area contributed by atoms with Crippen molar-refractivity contribution in [2.45, 2.75) is 0 Å². The van der Waals surface area contributed by atoms with E-state index in [0.29, 0.717) is 53.9 Å². The van der Waals surface area contributed by atoms with Gasteiger partial charge in [0.25, 0.3) is 11.8 Å². The van der Waals surface area contributed by atoms with Gasteiger partial charge in [-0.15, -0.1) is 0 Å². The van der Waals surface area contributed by atoms with Crippen LogP contribution in [0.15, 0.2) is 42.5 Å². The molecule has 2 aromatic rings. The fourth-order valence-corrected chi connectivity index (χ4v) is 2.87. The first kappa shape index (κ1) is 18.2. The molecule has 1 fully saturated rings. The number of carbonyl (C=O) groups is 2. The molecular formula is C19H19ClN2O4. The van der Waals surface area contributed by atoms with Crippen LogP contribution < -0.4 is 10.1 Å². The van der Waals surface area contributed by atoms with Gasteiger partial charge < -0.3 is 19.7 Å². The molecule has 0 spiro atoms. The van der Waals surface area contributed by atoms with Gasteiger partial charge in [0.05, 0.1) is 25.9 Å². The molecule has 0 bridgehead atoms. The molecule has 1 heterocycles. The highest BCUT2D eigenvalue weighted by Crippen LogP contribution is 2.24. The number of hydrogen-bond donors (Lipinski definition) is 1. The molecule has 2 aromatic carbocycles. The van der Waals surface area contributed by atoms with E-state index >= 15 is 0 Å². The monoisotopic (exact) mass is 374 g/mol. The van der Waals surface area contributed by atoms with Crippen molar-refractivity contribution in [2.75, 3.05) is 38.7 Å². The van der Waals surface area contributed by atoms with E-state index in [1.54, 1.807) is 47.4 Å². The van der Waals surface area contributed by atoms with Gasteiger partial charge in [-0.05, 0) is 42.5 Å². The third-order valence-corrected chi connectivity index (χ3v) is 4.33. The van der Waals surface area contributed by atoms with E-state index in [1.165, 1.54) is 7.11 Å². The SMILES string of the molecule is COc1ccc(Cl)cc1C(=O)Nc1ccc(C(=O)N2CCOCC2)cc1. The molecule has 0 unspecified atom stereocenters. The molecule has 0 aliphatic carbocycles. The third kappa shape index (κ3) is 4.15. The Kier molecular flexibility index (Phi) is 5.75. The number of amides is 2. The number of hydrogen-bond acceptors (Lipinski definition) is 4. The Morgan fingerprint density at radius 2 is 1.81 bits per heavy atom. The van der Waals surface area contributed by atoms with Crippen LogP contribution >= 0.6 is 11.6 Å². The van der Waals surface area contributed by atoms with E-state index in [-0.39, 0.29) is 11.8 Å². The van der Waals surface area contributed by atoms with E-state index < -0.39 is 0 Å². The summed E-state index contributed by atoms with van der Waals surface area (Å²) in [5.41, 5.74) is 1.49. The number of ether oxygens (including phenoxy) is 2. The van der Waals surface area contributed by atoms with Crippen molar-refractivity contribution in [1.29, 1.82) is 0 Å². The molecule has 0 aromatic heterocycles. The van der Waals surface area contributed by atoms with E-state index in [1.807, 2.05) is 0 Å². The van der Waals surface area contributed by atoms with Crippen LogP contribution in [0.1, 0.15) is 20.7 Å². The number of anilines is 1. The lowest BCUT2D eigenvalue weighted by atomic mass is 10.1. The zero-order chi connectivity index (χ0) is 18.5. The lowest BCUT2D eigenvalue weighted by molar-refractivity contribution is 0.0303. The van der Waals surface area contributed by atoms with Crippen LogP contribution in [0.3, 0.4) is 0 Å². The third-order valence-electron chi connectivity index (χ3n) is 4.09. The molecular weight excluding hydrogens is 356 g/mol. The van der Waals surface area contributed by atoms with E-state index in [2.05, 4.69) is 5.32 Å². The van der Waals surface area contributed by atoms with Crippen molar-refractivity contribution in [1.82, 2.24) is 4.90 Å². The summed E-state index contributed by atoms with van der Waals surface area (Å²) in [6.07, 6.45) is 0. The molecule has 1 N–H and O–H groups in total. The molecule has 3 rings (SSSR count). The molecule has 0 radical (unpaired) electrons. The summed E-state index contributed by atoms with van der Waals surface area (Å²) in [5, 5.41) is 3.23. The van der Waals surface area contributed by atoms with Crippen LogP contribution in [0.5, 0.6) is 5.75 Å². The number of methoxy groups -OCH3 is 1. The summed E-state index contributed by atoms with van der Waals surface area (Å²) in [6.45, 7) is 2.29. The minimum absolute atomic E-state index is 0.0392. The van der Waals surface area contributed by atoms with Gasteiger partial charge >= 0.3 is 0 Å². The summed E-state index contributed by atoms with van der Waals surface area (Å²) in [6, 6.07) is 11.6. The van der Waals surface area contributed by atoms with Gasteiger partial charge in [0.15, 0.2) is 0 Å². The maximum absolute atomic E-state index is 12.5. The smallest absolute Gasteiger partial charge is 0.259 e. The topological polar surface area (TPSA) is 67.9 Å². The summed E-state index contributed by atoms with van der Waals surface area (Å²) >= 11 is 5.96. The first-order valence-corrected chi connectivity index (χ1v) is 8.58. The van der Waals surface area contributed by atoms with Crippen molar-refractivity contribution < 1.29 is 19.1 Å². The quantitative estimate of drug-likeness (QED) is 0.893. The minimum atomic E-state index is -0.336. The maximum Gasteiger partial charge on any atom is 0.259 e. The zero-order valence-electron chi connectivity index (χ0n) is 14.3. The summed E-state index contributed by atoms with van der Waals surface area (Å²) < 4.78 is 10.5. The molecule has 1 saturated heterocycles. The zero-order valence-corrected chi connectivity index (χ0v) is 15.1. The maximum atomic E-state index is 12.5. The summed E-state index contributed by atoms with van der Waals surface area (Å²) in [5.74, 6) is 0.0605. The Bertz CT molecular complexity index is 802. The molecule has 2 amide bonds. The number of halogens is 1. The first-order chi connectivity index (χ1) is 12.6. The van der Waals surface area contributed by atoms with E-state index in [4.69, 9.17) is 21.1 Å². The predicted molar refractivity (Wildman–Crippen MR) is 99.1 cm³/mol. The largest absolute Gasteiger partial charge is 0.496 e. The van der Waals surface area contributed by atoms with Gasteiger partial charge in [0, 0.05) is 29.4 Å². The molecule has 1 aliphatic heterocycles. The average Bonchev–Trinajstić information content (AvgIpc) is 2.68. The van der Waals surface area contributed by atoms with Gasteiger partial charge in [-0.1, -0.05) is 11.6 Å². The lowest BCUT2D eigenvalue weighted by Crippen LogP contribution is -2.40. The van der Waals surface area contributed by atoms with Crippen LogP contribution in [-0.4, -0.2) is 50.1 Å². The number of rotatable bonds is 4. The number of nitrogens with one attached hydrogen (secondary N) is 1. The summed E-state index contributed by atoms with van der Waals surface area (Å²) in [7, 11) is 1.49. The highest BCUT2D eigenvalue weighted by molar-refractivity contribution is 6.31. The van der Waals surface area contributed by atoms with Crippen molar-refractivity contribution in [3.05, 3.63) is 58.6 Å². The number of morpholine rings is 1. The van der Waals surface area contributed by atoms with Gasteiger partial charge in [0.2, 0.25) is 0 Å². The average molecular weight is 375 g/mol. The molecule has 0 atom stereocenters. The highest BCUT2D eigenvalue weighted by atomic mass is 35.5. The Hall–Kier alpha value is -2.57. The molecule has 136 valence electrons. The Labute approximate surface area is 156 Å². The van der Waals surface area contributed by atoms with Crippen molar-refractivity contribution in [2.24, 2.45) is 0 Å².